The number of aromatic nitrogens is 4. The molecule has 0 saturated carbocycles. The molecular weight excluding hydrogens is 625 g/mol. The molecule has 0 atom stereocenters. The highest BCUT2D eigenvalue weighted by atomic mass is 16.3. The van der Waals surface area contributed by atoms with Crippen LogP contribution in [0.15, 0.2) is 162 Å². The third-order valence-corrected chi connectivity index (χ3v) is 10.1. The Bertz CT molecular complexity index is 3130. The molecule has 3 heterocycles. The quantitative estimate of drug-likeness (QED) is 0.177. The second-order valence-corrected chi connectivity index (χ2v) is 13.0. The second-order valence-electron chi connectivity index (χ2n) is 13.0. The third kappa shape index (κ3) is 4.28. The van der Waals surface area contributed by atoms with Gasteiger partial charge in [0.05, 0.1) is 11.1 Å². The summed E-state index contributed by atoms with van der Waals surface area (Å²) in [5.41, 5.74) is 6.04. The van der Waals surface area contributed by atoms with Crippen LogP contribution >= 0.6 is 0 Å². The topological polar surface area (TPSA) is 64.7 Å². The predicted octanol–water partition coefficient (Wildman–Crippen LogP) is 11.9. The largest absolute Gasteiger partial charge is 0.438 e. The molecule has 0 fully saturated rings. The Morgan fingerprint density at radius 1 is 0.353 bits per heavy atom. The van der Waals surface area contributed by atoms with Crippen molar-refractivity contribution in [3.8, 4) is 45.4 Å². The van der Waals surface area contributed by atoms with E-state index in [1.54, 1.807) is 0 Å². The minimum Gasteiger partial charge on any atom is -0.438 e. The molecule has 0 aliphatic heterocycles. The summed E-state index contributed by atoms with van der Waals surface area (Å²) in [5.74, 6) is 1.86. The summed E-state index contributed by atoms with van der Waals surface area (Å²) < 4.78 is 6.30. The number of furan rings is 1. The average Bonchev–Trinajstić information content (AvgIpc) is 3.59. The third-order valence-electron chi connectivity index (χ3n) is 10.1. The lowest BCUT2D eigenvalue weighted by Crippen LogP contribution is -2.01. The lowest BCUT2D eigenvalue weighted by molar-refractivity contribution is 0.655. The van der Waals surface area contributed by atoms with Crippen molar-refractivity contribution in [2.45, 2.75) is 0 Å². The van der Waals surface area contributed by atoms with Gasteiger partial charge < -0.3 is 4.42 Å². The van der Waals surface area contributed by atoms with E-state index in [2.05, 4.69) is 103 Å². The van der Waals surface area contributed by atoms with Gasteiger partial charge >= 0.3 is 0 Å². The normalized spacial score (nSPS) is 11.9. The summed E-state index contributed by atoms with van der Waals surface area (Å²) in [6, 6.07) is 54.6. The molecule has 11 aromatic rings. The van der Waals surface area contributed by atoms with Gasteiger partial charge in [0.25, 0.3) is 0 Å². The Hall–Kier alpha value is -6.98. The van der Waals surface area contributed by atoms with Crippen LogP contribution in [0.1, 0.15) is 0 Å². The summed E-state index contributed by atoms with van der Waals surface area (Å²) in [4.78, 5) is 20.5. The van der Waals surface area contributed by atoms with Gasteiger partial charge in [0.2, 0.25) is 5.71 Å². The highest BCUT2D eigenvalue weighted by molar-refractivity contribution is 6.25. The van der Waals surface area contributed by atoms with E-state index in [9.17, 15) is 0 Å². The molecule has 0 N–H and O–H groups in total. The van der Waals surface area contributed by atoms with Crippen LogP contribution in [-0.4, -0.2) is 19.9 Å². The first kappa shape index (κ1) is 27.9. The molecule has 0 bridgehead atoms. The number of hydrogen-bond donors (Lipinski definition) is 0. The van der Waals surface area contributed by atoms with Crippen LogP contribution in [0.2, 0.25) is 0 Å². The zero-order valence-corrected chi connectivity index (χ0v) is 27.2. The smallest absolute Gasteiger partial charge is 0.228 e. The maximum absolute atomic E-state index is 6.30. The highest BCUT2D eigenvalue weighted by Crippen LogP contribution is 2.41. The standard InChI is InChI=1S/C46H26N4O/c1-2-10-30(11-3-1)43-48-44(50-45(49-43)36-25-23-29-21-20-27-12-8-13-28-22-24-34(36)40(29)39(27)28)32-15-9-14-31(26-32)42-35-17-5-4-16-33(35)41-37-18-6-7-19-38(37)51-46(41)47-42/h1-26H. The van der Waals surface area contributed by atoms with Gasteiger partial charge in [-0.2, -0.15) is 0 Å². The SMILES string of the molecule is c1ccc(-c2nc(-c3cccc(-c4nc5oc6ccccc6c5c5ccccc45)c3)nc(-c3ccc4ccc5cccc6ccc3c4c56)n2)cc1. The van der Waals surface area contributed by atoms with Gasteiger partial charge in [0.1, 0.15) is 5.58 Å². The van der Waals surface area contributed by atoms with E-state index in [-0.39, 0.29) is 0 Å². The molecule has 0 unspecified atom stereocenters. The number of pyridine rings is 1. The van der Waals surface area contributed by atoms with Crippen LogP contribution in [0.3, 0.4) is 0 Å². The van der Waals surface area contributed by atoms with Gasteiger partial charge in [-0.25, -0.2) is 19.9 Å². The number of rotatable bonds is 4. The van der Waals surface area contributed by atoms with Crippen LogP contribution in [0, 0.1) is 0 Å². The first-order valence-corrected chi connectivity index (χ1v) is 17.1. The van der Waals surface area contributed by atoms with E-state index in [4.69, 9.17) is 24.4 Å². The molecule has 0 spiro atoms. The number of hydrogen-bond acceptors (Lipinski definition) is 5. The molecular formula is C46H26N4O. The molecule has 0 radical (unpaired) electrons. The summed E-state index contributed by atoms with van der Waals surface area (Å²) in [7, 11) is 0. The molecule has 0 aliphatic rings. The zero-order chi connectivity index (χ0) is 33.5. The Morgan fingerprint density at radius 3 is 1.80 bits per heavy atom. The van der Waals surface area contributed by atoms with Crippen molar-refractivity contribution < 1.29 is 4.42 Å². The minimum atomic E-state index is 0.598. The molecule has 3 aromatic heterocycles. The lowest BCUT2D eigenvalue weighted by Gasteiger charge is -2.14. The molecule has 5 nitrogen and oxygen atoms in total. The van der Waals surface area contributed by atoms with Crippen molar-refractivity contribution >= 4 is 65.2 Å². The van der Waals surface area contributed by atoms with Crippen LogP contribution in [0.25, 0.3) is 111 Å². The lowest BCUT2D eigenvalue weighted by atomic mass is 9.92. The molecule has 236 valence electrons. The number of nitrogens with zero attached hydrogens (tertiary/aromatic N) is 4. The monoisotopic (exact) mass is 650 g/mol. The Kier molecular flexibility index (Phi) is 5.89. The minimum absolute atomic E-state index is 0.598. The molecule has 0 saturated heterocycles. The van der Waals surface area contributed by atoms with E-state index < -0.39 is 0 Å². The van der Waals surface area contributed by atoms with Crippen molar-refractivity contribution in [1.29, 1.82) is 0 Å². The summed E-state index contributed by atoms with van der Waals surface area (Å²) in [5, 5.41) is 11.5. The van der Waals surface area contributed by atoms with Gasteiger partial charge in [-0.3, -0.25) is 0 Å². The number of benzene rings is 8. The fourth-order valence-corrected chi connectivity index (χ4v) is 7.74. The molecule has 11 rings (SSSR count). The Labute approximate surface area is 291 Å². The first-order chi connectivity index (χ1) is 25.3. The fraction of sp³-hybridized carbons (Fsp3) is 0. The van der Waals surface area contributed by atoms with Crippen LogP contribution in [-0.2, 0) is 0 Å². The second kappa shape index (κ2) is 10.8. The number of para-hydroxylation sites is 1. The number of fused-ring (bicyclic) bond motifs is 5. The first-order valence-electron chi connectivity index (χ1n) is 17.1. The van der Waals surface area contributed by atoms with E-state index in [0.717, 1.165) is 60.5 Å². The maximum atomic E-state index is 6.30. The van der Waals surface area contributed by atoms with Gasteiger partial charge in [-0.15, -0.1) is 0 Å². The predicted molar refractivity (Wildman–Crippen MR) is 208 cm³/mol. The van der Waals surface area contributed by atoms with Crippen molar-refractivity contribution in [2.75, 3.05) is 0 Å². The fourth-order valence-electron chi connectivity index (χ4n) is 7.74. The van der Waals surface area contributed by atoms with Crippen molar-refractivity contribution in [1.82, 2.24) is 19.9 Å². The van der Waals surface area contributed by atoms with Gasteiger partial charge in [-0.1, -0.05) is 140 Å². The van der Waals surface area contributed by atoms with Gasteiger partial charge in [0.15, 0.2) is 17.5 Å². The molecule has 8 aromatic carbocycles. The molecule has 5 heteroatoms. The van der Waals surface area contributed by atoms with Crippen molar-refractivity contribution in [3.05, 3.63) is 158 Å². The van der Waals surface area contributed by atoms with Gasteiger partial charge in [-0.05, 0) is 55.9 Å². The van der Waals surface area contributed by atoms with Crippen LogP contribution in [0.4, 0.5) is 0 Å². The van der Waals surface area contributed by atoms with E-state index >= 15 is 0 Å². The van der Waals surface area contributed by atoms with Crippen LogP contribution < -0.4 is 0 Å². The summed E-state index contributed by atoms with van der Waals surface area (Å²) in [6.45, 7) is 0. The molecule has 0 aliphatic carbocycles. The van der Waals surface area contributed by atoms with Gasteiger partial charge in [0, 0.05) is 33.0 Å². The van der Waals surface area contributed by atoms with Crippen molar-refractivity contribution in [3.63, 3.8) is 0 Å². The van der Waals surface area contributed by atoms with E-state index in [1.165, 1.54) is 26.9 Å². The maximum Gasteiger partial charge on any atom is 0.228 e. The summed E-state index contributed by atoms with van der Waals surface area (Å²) in [6.07, 6.45) is 0. The summed E-state index contributed by atoms with van der Waals surface area (Å²) >= 11 is 0. The van der Waals surface area contributed by atoms with Crippen molar-refractivity contribution in [2.24, 2.45) is 0 Å². The zero-order valence-electron chi connectivity index (χ0n) is 27.2. The van der Waals surface area contributed by atoms with Crippen LogP contribution in [0.5, 0.6) is 0 Å². The Morgan fingerprint density at radius 2 is 0.961 bits per heavy atom. The average molecular weight is 651 g/mol. The van der Waals surface area contributed by atoms with E-state index in [1.807, 2.05) is 54.6 Å². The molecule has 0 amide bonds. The van der Waals surface area contributed by atoms with E-state index in [0.29, 0.717) is 23.2 Å². The molecule has 51 heavy (non-hydrogen) atoms. The highest BCUT2D eigenvalue weighted by Gasteiger charge is 2.19. The Balaban J connectivity index is 1.13.